The fraction of sp³-hybridized carbons (Fsp3) is 0.889. The zero-order valence-electron chi connectivity index (χ0n) is 7.55. The van der Waals surface area contributed by atoms with Crippen LogP contribution in [0.15, 0.2) is 0 Å². The SMILES string of the molecule is CC1CCCCCN1C(=O)CBr. The van der Waals surface area contributed by atoms with Crippen LogP contribution in [0.2, 0.25) is 0 Å². The average molecular weight is 234 g/mol. The second-order valence-electron chi connectivity index (χ2n) is 3.42. The maximum atomic E-state index is 11.4. The van der Waals surface area contributed by atoms with E-state index < -0.39 is 0 Å². The van der Waals surface area contributed by atoms with Crippen LogP contribution in [0.3, 0.4) is 0 Å². The number of hydrogen-bond acceptors (Lipinski definition) is 1. The van der Waals surface area contributed by atoms with Gasteiger partial charge in [-0.3, -0.25) is 4.79 Å². The maximum absolute atomic E-state index is 11.4. The van der Waals surface area contributed by atoms with Crippen molar-refractivity contribution < 1.29 is 4.79 Å². The highest BCUT2D eigenvalue weighted by atomic mass is 79.9. The quantitative estimate of drug-likeness (QED) is 0.637. The first kappa shape index (κ1) is 10.0. The lowest BCUT2D eigenvalue weighted by Crippen LogP contribution is -2.38. The van der Waals surface area contributed by atoms with Crippen molar-refractivity contribution in [3.8, 4) is 0 Å². The number of halogens is 1. The van der Waals surface area contributed by atoms with Gasteiger partial charge in [0.1, 0.15) is 0 Å². The van der Waals surface area contributed by atoms with Crippen molar-refractivity contribution in [3.63, 3.8) is 0 Å². The van der Waals surface area contributed by atoms with Crippen LogP contribution in [0.4, 0.5) is 0 Å². The lowest BCUT2D eigenvalue weighted by molar-refractivity contribution is -0.130. The molecule has 1 saturated heterocycles. The molecule has 1 heterocycles. The molecule has 0 aromatic carbocycles. The summed E-state index contributed by atoms with van der Waals surface area (Å²) in [5, 5.41) is 0.470. The lowest BCUT2D eigenvalue weighted by atomic mass is 10.1. The molecule has 0 aromatic heterocycles. The van der Waals surface area contributed by atoms with Crippen LogP contribution in [0, 0.1) is 0 Å². The van der Waals surface area contributed by atoms with E-state index in [-0.39, 0.29) is 5.91 Å². The summed E-state index contributed by atoms with van der Waals surface area (Å²) >= 11 is 3.21. The minimum atomic E-state index is 0.240. The number of amides is 1. The van der Waals surface area contributed by atoms with E-state index in [1.54, 1.807) is 0 Å². The number of nitrogens with zero attached hydrogens (tertiary/aromatic N) is 1. The van der Waals surface area contributed by atoms with Gasteiger partial charge in [0, 0.05) is 12.6 Å². The standard InChI is InChI=1S/C9H16BrNO/c1-8-5-3-2-4-6-11(8)9(12)7-10/h8H,2-7H2,1H3. The third kappa shape index (κ3) is 2.47. The highest BCUT2D eigenvalue weighted by molar-refractivity contribution is 9.09. The molecule has 12 heavy (non-hydrogen) atoms. The highest BCUT2D eigenvalue weighted by Gasteiger charge is 2.20. The smallest absolute Gasteiger partial charge is 0.233 e. The average Bonchev–Trinajstić information content (AvgIpc) is 2.28. The van der Waals surface area contributed by atoms with E-state index in [1.807, 2.05) is 4.90 Å². The van der Waals surface area contributed by atoms with Gasteiger partial charge in [0.2, 0.25) is 5.91 Å². The van der Waals surface area contributed by atoms with E-state index in [0.717, 1.165) is 6.54 Å². The molecule has 0 radical (unpaired) electrons. The minimum Gasteiger partial charge on any atom is -0.339 e. The largest absolute Gasteiger partial charge is 0.339 e. The summed E-state index contributed by atoms with van der Waals surface area (Å²) in [5.74, 6) is 0.240. The van der Waals surface area contributed by atoms with Gasteiger partial charge in [-0.15, -0.1) is 0 Å². The Balaban J connectivity index is 2.52. The van der Waals surface area contributed by atoms with E-state index in [2.05, 4.69) is 22.9 Å². The Hall–Kier alpha value is -0.0500. The molecule has 1 fully saturated rings. The fourth-order valence-corrected chi connectivity index (χ4v) is 2.04. The molecule has 0 aliphatic carbocycles. The molecule has 0 aromatic rings. The van der Waals surface area contributed by atoms with Crippen LogP contribution in [-0.4, -0.2) is 28.7 Å². The Labute approximate surface area is 82.4 Å². The summed E-state index contributed by atoms with van der Waals surface area (Å²) in [5.41, 5.74) is 0. The monoisotopic (exact) mass is 233 g/mol. The van der Waals surface area contributed by atoms with Gasteiger partial charge in [0.05, 0.1) is 5.33 Å². The number of likely N-dealkylation sites (tertiary alicyclic amines) is 1. The second kappa shape index (κ2) is 4.85. The number of alkyl halides is 1. The summed E-state index contributed by atoms with van der Waals surface area (Å²) in [6.45, 7) is 3.09. The molecule has 0 N–H and O–H groups in total. The molecular weight excluding hydrogens is 218 g/mol. The molecule has 1 aliphatic heterocycles. The second-order valence-corrected chi connectivity index (χ2v) is 3.98. The molecule has 1 atom stereocenters. The summed E-state index contributed by atoms with van der Waals surface area (Å²) in [4.78, 5) is 13.4. The number of carbonyl (C=O) groups excluding carboxylic acids is 1. The Kier molecular flexibility index (Phi) is 4.06. The van der Waals surface area contributed by atoms with Gasteiger partial charge in [-0.05, 0) is 19.8 Å². The van der Waals surface area contributed by atoms with Gasteiger partial charge in [0.25, 0.3) is 0 Å². The van der Waals surface area contributed by atoms with Crippen LogP contribution in [0.1, 0.15) is 32.6 Å². The van der Waals surface area contributed by atoms with Gasteiger partial charge in [-0.25, -0.2) is 0 Å². The highest BCUT2D eigenvalue weighted by Crippen LogP contribution is 2.16. The predicted molar refractivity (Wildman–Crippen MR) is 53.4 cm³/mol. The first-order chi connectivity index (χ1) is 5.75. The van der Waals surface area contributed by atoms with Crippen LogP contribution in [-0.2, 0) is 4.79 Å². The van der Waals surface area contributed by atoms with E-state index >= 15 is 0 Å². The molecular formula is C9H16BrNO. The molecule has 1 rings (SSSR count). The van der Waals surface area contributed by atoms with Crippen LogP contribution in [0.5, 0.6) is 0 Å². The molecule has 70 valence electrons. The van der Waals surface area contributed by atoms with Crippen molar-refractivity contribution in [2.24, 2.45) is 0 Å². The Morgan fingerprint density at radius 2 is 2.25 bits per heavy atom. The summed E-state index contributed by atoms with van der Waals surface area (Å²) in [6.07, 6.45) is 4.88. The van der Waals surface area contributed by atoms with Gasteiger partial charge < -0.3 is 4.90 Å². The third-order valence-corrected chi connectivity index (χ3v) is 2.97. The van der Waals surface area contributed by atoms with Gasteiger partial charge >= 0.3 is 0 Å². The lowest BCUT2D eigenvalue weighted by Gasteiger charge is -2.26. The number of rotatable bonds is 1. The van der Waals surface area contributed by atoms with Crippen LogP contribution < -0.4 is 0 Å². The number of hydrogen-bond donors (Lipinski definition) is 0. The van der Waals surface area contributed by atoms with Gasteiger partial charge in [-0.1, -0.05) is 28.8 Å². The maximum Gasteiger partial charge on any atom is 0.233 e. The van der Waals surface area contributed by atoms with Crippen molar-refractivity contribution in [2.45, 2.75) is 38.6 Å². The van der Waals surface area contributed by atoms with Gasteiger partial charge in [-0.2, -0.15) is 0 Å². The molecule has 0 saturated carbocycles. The Bertz CT molecular complexity index is 161. The van der Waals surface area contributed by atoms with Crippen molar-refractivity contribution >= 4 is 21.8 Å². The molecule has 1 amide bonds. The van der Waals surface area contributed by atoms with Crippen LogP contribution >= 0.6 is 15.9 Å². The van der Waals surface area contributed by atoms with E-state index in [9.17, 15) is 4.79 Å². The number of carbonyl (C=O) groups is 1. The molecule has 0 bridgehead atoms. The van der Waals surface area contributed by atoms with Crippen molar-refractivity contribution in [1.82, 2.24) is 4.90 Å². The zero-order valence-corrected chi connectivity index (χ0v) is 9.14. The summed E-state index contributed by atoms with van der Waals surface area (Å²) < 4.78 is 0. The summed E-state index contributed by atoms with van der Waals surface area (Å²) in [6, 6.07) is 0.442. The van der Waals surface area contributed by atoms with Crippen LogP contribution in [0.25, 0.3) is 0 Å². The fourth-order valence-electron chi connectivity index (χ4n) is 1.72. The predicted octanol–water partition coefficient (Wildman–Crippen LogP) is 2.17. The molecule has 0 spiro atoms. The third-order valence-electron chi connectivity index (χ3n) is 2.49. The summed E-state index contributed by atoms with van der Waals surface area (Å²) in [7, 11) is 0. The molecule has 2 nitrogen and oxygen atoms in total. The molecule has 3 heteroatoms. The Morgan fingerprint density at radius 1 is 1.50 bits per heavy atom. The minimum absolute atomic E-state index is 0.240. The Morgan fingerprint density at radius 3 is 2.92 bits per heavy atom. The van der Waals surface area contributed by atoms with Crippen molar-refractivity contribution in [3.05, 3.63) is 0 Å². The van der Waals surface area contributed by atoms with E-state index in [1.165, 1.54) is 25.7 Å². The molecule has 1 aliphatic rings. The first-order valence-electron chi connectivity index (χ1n) is 4.61. The van der Waals surface area contributed by atoms with E-state index in [0.29, 0.717) is 11.4 Å². The van der Waals surface area contributed by atoms with Crippen molar-refractivity contribution in [1.29, 1.82) is 0 Å². The van der Waals surface area contributed by atoms with E-state index in [4.69, 9.17) is 0 Å². The molecule has 1 unspecified atom stereocenters. The normalized spacial score (nSPS) is 25.2. The first-order valence-corrected chi connectivity index (χ1v) is 5.73. The topological polar surface area (TPSA) is 20.3 Å². The van der Waals surface area contributed by atoms with Gasteiger partial charge in [0.15, 0.2) is 0 Å². The van der Waals surface area contributed by atoms with Crippen molar-refractivity contribution in [2.75, 3.05) is 11.9 Å². The zero-order chi connectivity index (χ0) is 8.97.